The fourth-order valence-corrected chi connectivity index (χ4v) is 3.59. The number of carbonyl (C=O) groups excluding carboxylic acids is 1. The Morgan fingerprint density at radius 3 is 2.50 bits per heavy atom. The summed E-state index contributed by atoms with van der Waals surface area (Å²) in [5.41, 5.74) is 0. The van der Waals surface area contributed by atoms with Gasteiger partial charge >= 0.3 is 5.97 Å². The van der Waals surface area contributed by atoms with Gasteiger partial charge in [0, 0.05) is 4.47 Å². The van der Waals surface area contributed by atoms with Crippen molar-refractivity contribution in [2.24, 2.45) is 10.3 Å². The minimum atomic E-state index is -4.00. The molecule has 1 aromatic carbocycles. The first-order valence-corrected chi connectivity index (χ1v) is 9.52. The molecule has 9 heteroatoms. The van der Waals surface area contributed by atoms with E-state index in [9.17, 15) is 13.2 Å². The van der Waals surface area contributed by atoms with Gasteiger partial charge in [-0.15, -0.1) is 11.8 Å². The Balaban J connectivity index is 3.22. The third-order valence-electron chi connectivity index (χ3n) is 2.43. The number of rotatable bonds is 5. The molecular formula is C13H13BrN2O4S2. The number of hydrogen-bond acceptors (Lipinski definition) is 6. The van der Waals surface area contributed by atoms with Gasteiger partial charge in [-0.05, 0) is 37.4 Å². The van der Waals surface area contributed by atoms with Crippen LogP contribution in [0.3, 0.4) is 0 Å². The quantitative estimate of drug-likeness (QED) is 0.425. The number of nitriles is 1. The summed E-state index contributed by atoms with van der Waals surface area (Å²) in [7, 11) is -4.00. The second-order valence-electron chi connectivity index (χ2n) is 3.88. The van der Waals surface area contributed by atoms with Crippen molar-refractivity contribution in [3.05, 3.63) is 28.7 Å². The molecule has 0 bridgehead atoms. The highest BCUT2D eigenvalue weighted by atomic mass is 79.9. The monoisotopic (exact) mass is 404 g/mol. The first-order valence-electron chi connectivity index (χ1n) is 6.06. The third kappa shape index (κ3) is 4.83. The zero-order valence-corrected chi connectivity index (χ0v) is 15.0. The zero-order valence-electron chi connectivity index (χ0n) is 11.8. The van der Waals surface area contributed by atoms with Crippen LogP contribution in [0.4, 0.5) is 0 Å². The number of thioether (sulfide) groups is 1. The van der Waals surface area contributed by atoms with E-state index in [0.717, 1.165) is 16.2 Å². The van der Waals surface area contributed by atoms with Crippen LogP contribution in [0.1, 0.15) is 6.92 Å². The zero-order chi connectivity index (χ0) is 16.8. The maximum atomic E-state index is 12.2. The van der Waals surface area contributed by atoms with Gasteiger partial charge in [0.25, 0.3) is 10.0 Å². The van der Waals surface area contributed by atoms with Gasteiger partial charge in [-0.25, -0.2) is 0 Å². The number of carbonyl (C=O) groups is 1. The molecule has 0 radical (unpaired) electrons. The molecule has 0 saturated carbocycles. The van der Waals surface area contributed by atoms with Gasteiger partial charge in [0.15, 0.2) is 5.92 Å². The number of benzene rings is 1. The van der Waals surface area contributed by atoms with E-state index in [2.05, 4.69) is 20.3 Å². The summed E-state index contributed by atoms with van der Waals surface area (Å²) in [5.74, 6) is -2.18. The Hall–Kier alpha value is -1.37. The molecule has 0 spiro atoms. The van der Waals surface area contributed by atoms with Crippen LogP contribution in [-0.4, -0.2) is 32.3 Å². The molecule has 0 saturated heterocycles. The molecule has 0 unspecified atom stereocenters. The number of sulfonamides is 1. The summed E-state index contributed by atoms with van der Waals surface area (Å²) < 4.78 is 33.6. The predicted molar refractivity (Wildman–Crippen MR) is 88.0 cm³/mol. The lowest BCUT2D eigenvalue weighted by molar-refractivity contribution is -0.143. The van der Waals surface area contributed by atoms with E-state index < -0.39 is 21.9 Å². The minimum Gasteiger partial charge on any atom is -0.465 e. The van der Waals surface area contributed by atoms with Crippen molar-refractivity contribution >= 4 is 48.7 Å². The molecule has 1 aromatic rings. The van der Waals surface area contributed by atoms with Crippen LogP contribution in [-0.2, 0) is 19.6 Å². The van der Waals surface area contributed by atoms with Gasteiger partial charge in [0.05, 0.1) is 17.6 Å². The standard InChI is InChI=1S/C13H13BrN2O4S2/c1-3-20-13(17)11(8-15)12(21-2)16-22(18,19)10-6-4-9(14)5-7-10/h4-7,11H,3H2,1-2H3/t11-/m1/s1. The van der Waals surface area contributed by atoms with Crippen LogP contribution in [0, 0.1) is 17.2 Å². The maximum absolute atomic E-state index is 12.2. The number of hydrogen-bond donors (Lipinski definition) is 0. The van der Waals surface area contributed by atoms with Crippen LogP contribution in [0.15, 0.2) is 38.0 Å². The van der Waals surface area contributed by atoms with Gasteiger partial charge in [0.1, 0.15) is 5.04 Å². The second-order valence-corrected chi connectivity index (χ2v) is 7.22. The molecule has 0 aromatic heterocycles. The molecule has 1 atom stereocenters. The van der Waals surface area contributed by atoms with E-state index >= 15 is 0 Å². The van der Waals surface area contributed by atoms with Gasteiger partial charge in [-0.1, -0.05) is 15.9 Å². The summed E-state index contributed by atoms with van der Waals surface area (Å²) in [6.45, 7) is 1.69. The van der Waals surface area contributed by atoms with E-state index in [1.807, 2.05) is 0 Å². The molecular weight excluding hydrogens is 392 g/mol. The van der Waals surface area contributed by atoms with Crippen molar-refractivity contribution in [2.45, 2.75) is 11.8 Å². The summed E-state index contributed by atoms with van der Waals surface area (Å²) in [6.07, 6.45) is 1.54. The Labute approximate surface area is 141 Å². The predicted octanol–water partition coefficient (Wildman–Crippen LogP) is 2.60. The fourth-order valence-electron chi connectivity index (χ4n) is 1.42. The largest absolute Gasteiger partial charge is 0.465 e. The van der Waals surface area contributed by atoms with E-state index in [-0.39, 0.29) is 16.5 Å². The van der Waals surface area contributed by atoms with E-state index in [1.165, 1.54) is 12.1 Å². The summed E-state index contributed by atoms with van der Waals surface area (Å²) in [5, 5.41) is 8.96. The van der Waals surface area contributed by atoms with Gasteiger partial charge in [0.2, 0.25) is 0 Å². The molecule has 0 heterocycles. The van der Waals surface area contributed by atoms with Crippen molar-refractivity contribution < 1.29 is 17.9 Å². The van der Waals surface area contributed by atoms with Gasteiger partial charge < -0.3 is 4.74 Å². The normalized spacial score (nSPS) is 13.3. The Morgan fingerprint density at radius 1 is 1.45 bits per heavy atom. The van der Waals surface area contributed by atoms with Crippen LogP contribution >= 0.6 is 27.7 Å². The van der Waals surface area contributed by atoms with Crippen molar-refractivity contribution in [2.75, 3.05) is 12.9 Å². The Kier molecular flexibility index (Phi) is 7.06. The molecule has 22 heavy (non-hydrogen) atoms. The lowest BCUT2D eigenvalue weighted by atomic mass is 10.2. The molecule has 118 valence electrons. The number of halogens is 1. The second kappa shape index (κ2) is 8.31. The highest BCUT2D eigenvalue weighted by Gasteiger charge is 2.28. The summed E-state index contributed by atoms with van der Waals surface area (Å²) in [4.78, 5) is 11.7. The van der Waals surface area contributed by atoms with E-state index in [1.54, 1.807) is 31.4 Å². The van der Waals surface area contributed by atoms with Crippen LogP contribution < -0.4 is 0 Å². The molecule has 0 fully saturated rings. The minimum absolute atomic E-state index is 0.0252. The number of esters is 1. The van der Waals surface area contributed by atoms with Crippen molar-refractivity contribution in [1.29, 1.82) is 5.26 Å². The van der Waals surface area contributed by atoms with Crippen molar-refractivity contribution in [3.8, 4) is 6.07 Å². The molecule has 0 aliphatic heterocycles. The molecule has 1 rings (SSSR count). The molecule has 0 amide bonds. The lowest BCUT2D eigenvalue weighted by Gasteiger charge is -2.09. The van der Waals surface area contributed by atoms with E-state index in [4.69, 9.17) is 10.00 Å². The lowest BCUT2D eigenvalue weighted by Crippen LogP contribution is -2.23. The van der Waals surface area contributed by atoms with Gasteiger partial charge in [-0.3, -0.25) is 4.79 Å². The number of nitrogens with zero attached hydrogens (tertiary/aromatic N) is 2. The van der Waals surface area contributed by atoms with Crippen molar-refractivity contribution in [3.63, 3.8) is 0 Å². The average molecular weight is 405 g/mol. The van der Waals surface area contributed by atoms with Crippen LogP contribution in [0.2, 0.25) is 0 Å². The molecule has 0 N–H and O–H groups in total. The third-order valence-corrected chi connectivity index (χ3v) is 5.12. The SMILES string of the molecule is CCOC(=O)[C@H](C#N)C(=NS(=O)(=O)c1ccc(Br)cc1)SC. The molecule has 0 aliphatic carbocycles. The number of ether oxygens (including phenoxy) is 1. The summed E-state index contributed by atoms with van der Waals surface area (Å²) in [6, 6.07) is 7.61. The fraction of sp³-hybridized carbons (Fsp3) is 0.308. The van der Waals surface area contributed by atoms with Gasteiger partial charge in [-0.2, -0.15) is 18.1 Å². The Bertz CT molecular complexity index is 709. The molecule has 6 nitrogen and oxygen atoms in total. The van der Waals surface area contributed by atoms with Crippen LogP contribution in [0.25, 0.3) is 0 Å². The summed E-state index contributed by atoms with van der Waals surface area (Å²) >= 11 is 4.13. The smallest absolute Gasteiger partial charge is 0.330 e. The topological polar surface area (TPSA) is 96.6 Å². The first-order chi connectivity index (χ1) is 10.4. The highest BCUT2D eigenvalue weighted by Crippen LogP contribution is 2.20. The van der Waals surface area contributed by atoms with E-state index in [0.29, 0.717) is 0 Å². The highest BCUT2D eigenvalue weighted by molar-refractivity contribution is 9.10. The Morgan fingerprint density at radius 2 is 2.05 bits per heavy atom. The average Bonchev–Trinajstić information content (AvgIpc) is 2.47. The maximum Gasteiger partial charge on any atom is 0.330 e. The first kappa shape index (κ1) is 18.7. The molecule has 0 aliphatic rings. The van der Waals surface area contributed by atoms with Crippen LogP contribution in [0.5, 0.6) is 0 Å². The van der Waals surface area contributed by atoms with Crippen molar-refractivity contribution in [1.82, 2.24) is 0 Å².